The Morgan fingerprint density at radius 1 is 1.35 bits per heavy atom. The Morgan fingerprint density at radius 3 is 2.73 bits per heavy atom. The van der Waals surface area contributed by atoms with E-state index in [9.17, 15) is 5.26 Å². The summed E-state index contributed by atoms with van der Waals surface area (Å²) < 4.78 is 1.98. The average Bonchev–Trinajstić information content (AvgIpc) is 3.01. The van der Waals surface area contributed by atoms with Gasteiger partial charge in [-0.2, -0.15) is 10.4 Å². The topological polar surface area (TPSA) is 79.4 Å². The molecule has 2 aliphatic rings. The van der Waals surface area contributed by atoms with Crippen molar-refractivity contribution in [1.29, 1.82) is 5.26 Å². The summed E-state index contributed by atoms with van der Waals surface area (Å²) in [4.78, 5) is 9.57. The quantitative estimate of drug-likeness (QED) is 0.893. The third-order valence-corrected chi connectivity index (χ3v) is 5.24. The van der Waals surface area contributed by atoms with Crippen molar-refractivity contribution in [3.8, 4) is 6.07 Å². The second-order valence-electron chi connectivity index (χ2n) is 7.92. The van der Waals surface area contributed by atoms with Crippen LogP contribution in [0.5, 0.6) is 0 Å². The van der Waals surface area contributed by atoms with E-state index in [2.05, 4.69) is 43.5 Å². The van der Waals surface area contributed by atoms with Crippen LogP contribution < -0.4 is 5.32 Å². The van der Waals surface area contributed by atoms with Crippen molar-refractivity contribution in [1.82, 2.24) is 19.7 Å². The highest BCUT2D eigenvalue weighted by Gasteiger charge is 2.39. The fourth-order valence-electron chi connectivity index (χ4n) is 3.29. The number of nitriles is 1. The molecule has 26 heavy (non-hydrogen) atoms. The Kier molecular flexibility index (Phi) is 3.83. The molecular formula is C20H24N6. The third-order valence-electron chi connectivity index (χ3n) is 5.24. The zero-order valence-corrected chi connectivity index (χ0v) is 15.8. The molecule has 1 N–H and O–H groups in total. The fourth-order valence-corrected chi connectivity index (χ4v) is 3.29. The summed E-state index contributed by atoms with van der Waals surface area (Å²) in [6, 6.07) is 2.62. The molecule has 2 aromatic heterocycles. The highest BCUT2D eigenvalue weighted by Crippen LogP contribution is 2.41. The number of nitrogens with zero attached hydrogens (tertiary/aromatic N) is 5. The number of hydrogen-bond acceptors (Lipinski definition) is 5. The Balaban J connectivity index is 1.70. The number of nitrogens with one attached hydrogen (secondary N) is 1. The molecule has 1 fully saturated rings. The van der Waals surface area contributed by atoms with Crippen LogP contribution >= 0.6 is 0 Å². The zero-order chi connectivity index (χ0) is 18.5. The van der Waals surface area contributed by atoms with Gasteiger partial charge in [-0.25, -0.2) is 9.97 Å². The summed E-state index contributed by atoms with van der Waals surface area (Å²) in [7, 11) is 0. The van der Waals surface area contributed by atoms with Crippen LogP contribution in [-0.4, -0.2) is 25.3 Å². The van der Waals surface area contributed by atoms with Crippen LogP contribution in [0.15, 0.2) is 12.3 Å². The van der Waals surface area contributed by atoms with Gasteiger partial charge < -0.3 is 5.32 Å². The van der Waals surface area contributed by atoms with Crippen LogP contribution in [0.2, 0.25) is 0 Å². The largest absolute Gasteiger partial charge is 0.364 e. The predicted molar refractivity (Wildman–Crippen MR) is 101 cm³/mol. The molecule has 2 heterocycles. The molecule has 0 aliphatic heterocycles. The maximum Gasteiger partial charge on any atom is 0.139 e. The molecule has 2 aromatic rings. The monoisotopic (exact) mass is 348 g/mol. The van der Waals surface area contributed by atoms with Gasteiger partial charge in [0.1, 0.15) is 11.6 Å². The molecule has 6 heteroatoms. The normalized spacial score (nSPS) is 17.0. The molecule has 0 amide bonds. The predicted octanol–water partition coefficient (Wildman–Crippen LogP) is 3.58. The highest BCUT2D eigenvalue weighted by molar-refractivity contribution is 5.87. The molecule has 4 rings (SSSR count). The van der Waals surface area contributed by atoms with Crippen molar-refractivity contribution in [3.63, 3.8) is 0 Å². The summed E-state index contributed by atoms with van der Waals surface area (Å²) in [5, 5.41) is 17.6. The van der Waals surface area contributed by atoms with Crippen LogP contribution in [0.1, 0.15) is 68.0 Å². The molecule has 0 saturated heterocycles. The third kappa shape index (κ3) is 2.98. The summed E-state index contributed by atoms with van der Waals surface area (Å²) in [6.07, 6.45) is 7.65. The molecule has 1 saturated carbocycles. The van der Waals surface area contributed by atoms with E-state index in [0.29, 0.717) is 24.5 Å². The minimum Gasteiger partial charge on any atom is -0.364 e. The average molecular weight is 348 g/mol. The van der Waals surface area contributed by atoms with Crippen molar-refractivity contribution in [3.05, 3.63) is 40.6 Å². The highest BCUT2D eigenvalue weighted by atomic mass is 15.3. The van der Waals surface area contributed by atoms with Crippen LogP contribution in [0.25, 0.3) is 5.57 Å². The summed E-state index contributed by atoms with van der Waals surface area (Å²) >= 11 is 0. The lowest BCUT2D eigenvalue weighted by molar-refractivity contribution is 0.529. The lowest BCUT2D eigenvalue weighted by Gasteiger charge is -2.17. The Bertz CT molecular complexity index is 940. The lowest BCUT2D eigenvalue weighted by Crippen LogP contribution is -2.19. The minimum atomic E-state index is 0.0982. The van der Waals surface area contributed by atoms with Gasteiger partial charge in [-0.3, -0.25) is 4.68 Å². The van der Waals surface area contributed by atoms with E-state index in [-0.39, 0.29) is 5.54 Å². The fraction of sp³-hybridized carbons (Fsp3) is 0.500. The van der Waals surface area contributed by atoms with E-state index >= 15 is 0 Å². The molecule has 2 aliphatic carbocycles. The second kappa shape index (κ2) is 5.94. The SMILES string of the molecule is Cc1nn(C(C)C)cc1Cc1nc2c(c(NC3(C)CC3)n1)C(C#N)=CC2. The van der Waals surface area contributed by atoms with Gasteiger partial charge >= 0.3 is 0 Å². The van der Waals surface area contributed by atoms with Crippen molar-refractivity contribution in [2.24, 2.45) is 0 Å². The van der Waals surface area contributed by atoms with Crippen molar-refractivity contribution >= 4 is 11.4 Å². The van der Waals surface area contributed by atoms with Crippen LogP contribution in [0.4, 0.5) is 5.82 Å². The summed E-state index contributed by atoms with van der Waals surface area (Å²) in [5.41, 5.74) is 4.78. The standard InChI is InChI=1S/C20H24N6/c1-12(2)26-11-15(13(3)25-26)9-17-22-16-6-5-14(10-21)18(16)19(23-17)24-20(4)7-8-20/h5,11-12H,6-9H2,1-4H3,(H,22,23,24). The van der Waals surface area contributed by atoms with Crippen molar-refractivity contribution in [2.75, 3.05) is 5.32 Å². The number of aryl methyl sites for hydroxylation is 1. The Hall–Kier alpha value is -2.68. The molecular weight excluding hydrogens is 324 g/mol. The molecule has 6 nitrogen and oxygen atoms in total. The molecule has 0 aromatic carbocycles. The Labute approximate surface area is 154 Å². The van der Waals surface area contributed by atoms with E-state index in [4.69, 9.17) is 9.97 Å². The maximum absolute atomic E-state index is 9.43. The second-order valence-corrected chi connectivity index (χ2v) is 7.92. The van der Waals surface area contributed by atoms with Gasteiger partial charge in [-0.15, -0.1) is 0 Å². The van der Waals surface area contributed by atoms with Crippen molar-refractivity contribution < 1.29 is 0 Å². The lowest BCUT2D eigenvalue weighted by atomic mass is 10.1. The molecule has 0 radical (unpaired) electrons. The smallest absolute Gasteiger partial charge is 0.139 e. The number of aromatic nitrogens is 4. The number of fused-ring (bicyclic) bond motifs is 1. The molecule has 0 bridgehead atoms. The van der Waals surface area contributed by atoms with Gasteiger partial charge in [0.15, 0.2) is 0 Å². The van der Waals surface area contributed by atoms with Gasteiger partial charge in [-0.1, -0.05) is 6.08 Å². The van der Waals surface area contributed by atoms with Gasteiger partial charge in [-0.05, 0) is 40.5 Å². The molecule has 0 unspecified atom stereocenters. The Morgan fingerprint density at radius 2 is 2.12 bits per heavy atom. The molecule has 0 atom stereocenters. The van der Waals surface area contributed by atoms with Gasteiger partial charge in [0.05, 0.1) is 28.6 Å². The van der Waals surface area contributed by atoms with E-state index in [1.54, 1.807) is 0 Å². The van der Waals surface area contributed by atoms with Gasteiger partial charge in [0, 0.05) is 36.2 Å². The van der Waals surface area contributed by atoms with E-state index in [1.807, 2.05) is 17.7 Å². The van der Waals surface area contributed by atoms with Crippen molar-refractivity contribution in [2.45, 2.75) is 65.0 Å². The first-order valence-electron chi connectivity index (χ1n) is 9.22. The summed E-state index contributed by atoms with van der Waals surface area (Å²) in [6.45, 7) is 8.47. The first kappa shape index (κ1) is 16.8. The zero-order valence-electron chi connectivity index (χ0n) is 15.8. The van der Waals surface area contributed by atoms with Crippen LogP contribution in [0.3, 0.4) is 0 Å². The molecule has 134 valence electrons. The van der Waals surface area contributed by atoms with Crippen LogP contribution in [-0.2, 0) is 12.8 Å². The first-order valence-corrected chi connectivity index (χ1v) is 9.22. The van der Waals surface area contributed by atoms with Gasteiger partial charge in [0.2, 0.25) is 0 Å². The van der Waals surface area contributed by atoms with Gasteiger partial charge in [0.25, 0.3) is 0 Å². The number of anilines is 1. The summed E-state index contributed by atoms with van der Waals surface area (Å²) in [5.74, 6) is 1.60. The number of rotatable bonds is 5. The van der Waals surface area contributed by atoms with E-state index < -0.39 is 0 Å². The number of allylic oxidation sites excluding steroid dienone is 2. The van der Waals surface area contributed by atoms with E-state index in [1.165, 1.54) is 0 Å². The maximum atomic E-state index is 9.43. The van der Waals surface area contributed by atoms with Crippen LogP contribution in [0, 0.1) is 18.3 Å². The first-order chi connectivity index (χ1) is 12.4. The number of hydrogen-bond donors (Lipinski definition) is 1. The minimum absolute atomic E-state index is 0.0982. The molecule has 0 spiro atoms. The van der Waals surface area contributed by atoms with E-state index in [0.717, 1.165) is 47.0 Å².